The van der Waals surface area contributed by atoms with Crippen molar-refractivity contribution in [2.24, 2.45) is 10.8 Å². The van der Waals surface area contributed by atoms with Crippen molar-refractivity contribution < 1.29 is 0 Å². The average Bonchev–Trinajstić information content (AvgIpc) is 3.50. The molecule has 0 aliphatic carbocycles. The molecule has 11 heteroatoms. The van der Waals surface area contributed by atoms with Gasteiger partial charge in [0.1, 0.15) is 14.9 Å². The van der Waals surface area contributed by atoms with E-state index >= 15 is 0 Å². The fourth-order valence-corrected chi connectivity index (χ4v) is 7.27. The zero-order valence-electron chi connectivity index (χ0n) is 19.5. The highest BCUT2D eigenvalue weighted by Crippen LogP contribution is 2.53. The van der Waals surface area contributed by atoms with Gasteiger partial charge in [-0.15, -0.1) is 10.2 Å². The molecule has 1 aromatic heterocycles. The Balaban J connectivity index is 1.60. The van der Waals surface area contributed by atoms with Crippen molar-refractivity contribution in [1.82, 2.24) is 10.2 Å². The molecule has 2 unspecified atom stereocenters. The molecule has 0 saturated heterocycles. The van der Waals surface area contributed by atoms with E-state index in [1.165, 1.54) is 11.3 Å². The van der Waals surface area contributed by atoms with Crippen LogP contribution >= 0.6 is 69.5 Å². The molecule has 2 heterocycles. The van der Waals surface area contributed by atoms with Gasteiger partial charge in [0.05, 0.1) is 5.02 Å². The summed E-state index contributed by atoms with van der Waals surface area (Å²) in [5.74, 6) is 0. The number of nitrogens with two attached hydrogens (primary N) is 1. The molecular formula is C26H21Cl4N5S2. The van der Waals surface area contributed by atoms with Crippen molar-refractivity contribution in [3.8, 4) is 0 Å². The van der Waals surface area contributed by atoms with E-state index in [9.17, 15) is 0 Å². The summed E-state index contributed by atoms with van der Waals surface area (Å²) in [6, 6.07) is 20.6. The summed E-state index contributed by atoms with van der Waals surface area (Å²) < 4.78 is 0. The summed E-state index contributed by atoms with van der Waals surface area (Å²) in [6.45, 7) is 1.92. The molecule has 0 saturated carbocycles. The first-order valence-electron chi connectivity index (χ1n) is 11.4. The summed E-state index contributed by atoms with van der Waals surface area (Å²) in [7, 11) is 0. The molecule has 1 aliphatic heterocycles. The van der Waals surface area contributed by atoms with Crippen LogP contribution in [0.3, 0.4) is 0 Å². The van der Waals surface area contributed by atoms with E-state index < -0.39 is 4.87 Å². The maximum atomic E-state index is 6.69. The molecule has 190 valence electrons. The van der Waals surface area contributed by atoms with Crippen LogP contribution in [-0.2, 0) is 4.87 Å². The van der Waals surface area contributed by atoms with Gasteiger partial charge < -0.3 is 5.73 Å². The topological polar surface area (TPSA) is 67.4 Å². The van der Waals surface area contributed by atoms with Crippen molar-refractivity contribution in [3.05, 3.63) is 109 Å². The summed E-state index contributed by atoms with van der Waals surface area (Å²) in [5, 5.41) is 20.3. The van der Waals surface area contributed by atoms with E-state index in [0.29, 0.717) is 38.1 Å². The van der Waals surface area contributed by atoms with Crippen LogP contribution in [0.5, 0.6) is 0 Å². The number of rotatable bonds is 7. The molecule has 0 bridgehead atoms. The van der Waals surface area contributed by atoms with Gasteiger partial charge in [0.2, 0.25) is 5.13 Å². The van der Waals surface area contributed by atoms with E-state index in [4.69, 9.17) is 57.2 Å². The molecule has 37 heavy (non-hydrogen) atoms. The lowest BCUT2D eigenvalue weighted by Gasteiger charge is -2.36. The second-order valence-corrected chi connectivity index (χ2v) is 12.6. The third-order valence-electron chi connectivity index (χ3n) is 6.03. The third kappa shape index (κ3) is 5.50. The molecule has 5 rings (SSSR count). The molecule has 1 aliphatic rings. The van der Waals surface area contributed by atoms with E-state index in [2.05, 4.69) is 22.3 Å². The van der Waals surface area contributed by atoms with Crippen molar-refractivity contribution in [2.45, 2.75) is 30.7 Å². The normalized spacial score (nSPS) is 18.2. The van der Waals surface area contributed by atoms with Crippen LogP contribution in [0.15, 0.2) is 71.8 Å². The maximum absolute atomic E-state index is 6.69. The maximum Gasteiger partial charge on any atom is 0.230 e. The van der Waals surface area contributed by atoms with Gasteiger partial charge in [0.25, 0.3) is 0 Å². The highest BCUT2D eigenvalue weighted by Gasteiger charge is 2.48. The Morgan fingerprint density at radius 2 is 1.62 bits per heavy atom. The second kappa shape index (κ2) is 11.1. The van der Waals surface area contributed by atoms with Crippen LogP contribution in [0.25, 0.3) is 0 Å². The van der Waals surface area contributed by atoms with Crippen LogP contribution < -0.4 is 10.7 Å². The van der Waals surface area contributed by atoms with Gasteiger partial charge in [0.15, 0.2) is 0 Å². The standard InChI is InChI=1S/C26H21Cl4N5S2/c1-15-32-33-25(36-15)35-26(16-5-3-2-4-6-16,12-11-23(31)19-13-17(27)7-9-21(19)29)37-24(34-35)20-14-18(28)8-10-22(20)30/h2-10,13-14,23H,11-12,31H2,1H3. The van der Waals surface area contributed by atoms with Gasteiger partial charge in [-0.25, -0.2) is 5.01 Å². The van der Waals surface area contributed by atoms with Crippen molar-refractivity contribution in [1.29, 1.82) is 0 Å². The van der Waals surface area contributed by atoms with Gasteiger partial charge in [-0.1, -0.05) is 99.8 Å². The Morgan fingerprint density at radius 3 is 2.32 bits per heavy atom. The van der Waals surface area contributed by atoms with Crippen molar-refractivity contribution >= 4 is 79.7 Å². The SMILES string of the molecule is Cc1nnc(N2N=C(c3cc(Cl)ccc3Cl)SC2(CCC(N)c2cc(Cl)ccc2Cl)c2ccccc2)s1. The lowest BCUT2D eigenvalue weighted by molar-refractivity contribution is 0.485. The molecule has 0 spiro atoms. The highest BCUT2D eigenvalue weighted by atomic mass is 35.5. The Bertz CT molecular complexity index is 1460. The Morgan fingerprint density at radius 1 is 0.919 bits per heavy atom. The van der Waals surface area contributed by atoms with Gasteiger partial charge in [0, 0.05) is 26.7 Å². The molecule has 3 aromatic carbocycles. The number of nitrogens with zero attached hydrogens (tertiary/aromatic N) is 4. The van der Waals surface area contributed by atoms with Gasteiger partial charge in [-0.2, -0.15) is 5.10 Å². The Kier molecular flexibility index (Phi) is 8.03. The minimum atomic E-state index is -0.670. The van der Waals surface area contributed by atoms with Gasteiger partial charge >= 0.3 is 0 Å². The number of hydrogen-bond donors (Lipinski definition) is 1. The van der Waals surface area contributed by atoms with E-state index in [-0.39, 0.29) is 6.04 Å². The molecule has 0 amide bonds. The molecule has 5 nitrogen and oxygen atoms in total. The first kappa shape index (κ1) is 26.8. The van der Waals surface area contributed by atoms with Crippen LogP contribution in [0.2, 0.25) is 20.1 Å². The summed E-state index contributed by atoms with van der Waals surface area (Å²) >= 11 is 28.8. The number of anilines is 1. The second-order valence-electron chi connectivity index (χ2n) is 8.51. The summed E-state index contributed by atoms with van der Waals surface area (Å²) in [4.78, 5) is -0.670. The average molecular weight is 609 g/mol. The fraction of sp³-hybridized carbons (Fsp3) is 0.192. The molecule has 4 aromatic rings. The molecule has 2 atom stereocenters. The monoisotopic (exact) mass is 607 g/mol. The molecule has 2 N–H and O–H groups in total. The predicted molar refractivity (Wildman–Crippen MR) is 158 cm³/mol. The number of thioether (sulfide) groups is 1. The summed E-state index contributed by atoms with van der Waals surface area (Å²) in [5.41, 5.74) is 9.29. The van der Waals surface area contributed by atoms with Crippen LogP contribution in [-0.4, -0.2) is 15.2 Å². The van der Waals surface area contributed by atoms with Crippen molar-refractivity contribution in [3.63, 3.8) is 0 Å². The van der Waals surface area contributed by atoms with Crippen LogP contribution in [0, 0.1) is 6.92 Å². The smallest absolute Gasteiger partial charge is 0.230 e. The highest BCUT2D eigenvalue weighted by molar-refractivity contribution is 8.15. The zero-order chi connectivity index (χ0) is 26.2. The Hall–Kier alpha value is -1.84. The quantitative estimate of drug-likeness (QED) is 0.227. The van der Waals surface area contributed by atoms with Crippen LogP contribution in [0.1, 0.15) is 40.6 Å². The molecule has 0 radical (unpaired) electrons. The minimum Gasteiger partial charge on any atom is -0.324 e. The van der Waals surface area contributed by atoms with E-state index in [1.807, 2.05) is 42.3 Å². The lowest BCUT2D eigenvalue weighted by Crippen LogP contribution is -2.38. The van der Waals surface area contributed by atoms with E-state index in [1.54, 1.807) is 36.0 Å². The third-order valence-corrected chi connectivity index (χ3v) is 9.43. The number of aromatic nitrogens is 2. The Labute approximate surface area is 243 Å². The zero-order valence-corrected chi connectivity index (χ0v) is 24.2. The minimum absolute atomic E-state index is 0.343. The number of hydrogen-bond acceptors (Lipinski definition) is 7. The number of halogens is 4. The molecular weight excluding hydrogens is 588 g/mol. The van der Waals surface area contributed by atoms with Gasteiger partial charge in [-0.3, -0.25) is 0 Å². The van der Waals surface area contributed by atoms with Gasteiger partial charge in [-0.05, 0) is 67.3 Å². The number of aryl methyl sites for hydroxylation is 1. The van der Waals surface area contributed by atoms with Crippen LogP contribution in [0.4, 0.5) is 5.13 Å². The number of hydrazone groups is 1. The lowest BCUT2D eigenvalue weighted by atomic mass is 9.95. The van der Waals surface area contributed by atoms with Crippen molar-refractivity contribution in [2.75, 3.05) is 5.01 Å². The summed E-state index contributed by atoms with van der Waals surface area (Å²) in [6.07, 6.45) is 1.22. The van der Waals surface area contributed by atoms with E-state index in [0.717, 1.165) is 26.7 Å². The largest absolute Gasteiger partial charge is 0.324 e. The first-order chi connectivity index (χ1) is 17.8. The fourth-order valence-electron chi connectivity index (χ4n) is 4.22. The number of benzene rings is 3. The predicted octanol–water partition coefficient (Wildman–Crippen LogP) is 8.71. The molecule has 0 fully saturated rings. The first-order valence-corrected chi connectivity index (χ1v) is 14.5.